The number of halogens is 2. The smallest absolute Gasteiger partial charge is 0.271 e. The van der Waals surface area contributed by atoms with E-state index >= 15 is 0 Å². The number of carbonyl (C=O) groups excluding carboxylic acids is 1. The van der Waals surface area contributed by atoms with E-state index < -0.39 is 38.0 Å². The van der Waals surface area contributed by atoms with Gasteiger partial charge in [-0.3, -0.25) is 14.9 Å². The van der Waals surface area contributed by atoms with Crippen LogP contribution in [0, 0.1) is 15.9 Å². The first-order valence-electron chi connectivity index (χ1n) is 7.01. The van der Waals surface area contributed by atoms with Crippen LogP contribution < -0.4 is 5.32 Å². The molecular formula is C15H13ClFN3O5S. The van der Waals surface area contributed by atoms with Gasteiger partial charge in [0.2, 0.25) is 10.0 Å². The van der Waals surface area contributed by atoms with Crippen molar-refractivity contribution in [3.8, 4) is 0 Å². The molecule has 0 saturated heterocycles. The van der Waals surface area contributed by atoms with Crippen molar-refractivity contribution >= 4 is 38.9 Å². The van der Waals surface area contributed by atoms with Crippen molar-refractivity contribution in [2.45, 2.75) is 4.90 Å². The summed E-state index contributed by atoms with van der Waals surface area (Å²) < 4.78 is 39.1. The molecule has 1 amide bonds. The van der Waals surface area contributed by atoms with E-state index in [1.165, 1.54) is 26.2 Å². The number of nitrogens with one attached hydrogen (secondary N) is 1. The maximum absolute atomic E-state index is 13.8. The number of nitrogens with zero attached hydrogens (tertiary/aromatic N) is 2. The highest BCUT2D eigenvalue weighted by molar-refractivity contribution is 7.89. The Balaban J connectivity index is 2.42. The van der Waals surface area contributed by atoms with Gasteiger partial charge in [0, 0.05) is 26.2 Å². The molecule has 0 unspecified atom stereocenters. The zero-order valence-electron chi connectivity index (χ0n) is 13.6. The first kappa shape index (κ1) is 19.8. The number of benzene rings is 2. The number of carbonyl (C=O) groups is 1. The fourth-order valence-corrected chi connectivity index (χ4v) is 3.09. The summed E-state index contributed by atoms with van der Waals surface area (Å²) in [7, 11) is -1.17. The normalized spacial score (nSPS) is 11.4. The molecule has 0 aliphatic heterocycles. The van der Waals surface area contributed by atoms with Gasteiger partial charge < -0.3 is 5.32 Å². The summed E-state index contributed by atoms with van der Waals surface area (Å²) in [6.07, 6.45) is 0. The minimum Gasteiger partial charge on any atom is -0.319 e. The molecule has 0 saturated carbocycles. The van der Waals surface area contributed by atoms with Crippen molar-refractivity contribution < 1.29 is 22.5 Å². The van der Waals surface area contributed by atoms with Gasteiger partial charge in [0.25, 0.3) is 11.6 Å². The topological polar surface area (TPSA) is 110 Å². The number of amides is 1. The van der Waals surface area contributed by atoms with Crippen LogP contribution in [0.1, 0.15) is 10.4 Å². The lowest BCUT2D eigenvalue weighted by Gasteiger charge is -2.13. The highest BCUT2D eigenvalue weighted by atomic mass is 35.5. The van der Waals surface area contributed by atoms with Gasteiger partial charge >= 0.3 is 0 Å². The van der Waals surface area contributed by atoms with E-state index in [2.05, 4.69) is 5.32 Å². The van der Waals surface area contributed by atoms with Crippen molar-refractivity contribution in [2.75, 3.05) is 19.4 Å². The number of anilines is 1. The quantitative estimate of drug-likeness (QED) is 0.611. The molecule has 1 N–H and O–H groups in total. The maximum atomic E-state index is 13.8. The number of non-ortho nitro benzene ring substituents is 1. The van der Waals surface area contributed by atoms with Crippen molar-refractivity contribution in [3.63, 3.8) is 0 Å². The van der Waals surface area contributed by atoms with E-state index in [-0.39, 0.29) is 15.5 Å². The van der Waals surface area contributed by atoms with E-state index in [1.807, 2.05) is 0 Å². The summed E-state index contributed by atoms with van der Waals surface area (Å²) in [6, 6.07) is 6.12. The highest BCUT2D eigenvalue weighted by Crippen LogP contribution is 2.25. The van der Waals surface area contributed by atoms with Crippen molar-refractivity contribution in [2.24, 2.45) is 0 Å². The molecule has 0 fully saturated rings. The molecule has 8 nitrogen and oxygen atoms in total. The van der Waals surface area contributed by atoms with Crippen molar-refractivity contribution in [1.29, 1.82) is 0 Å². The second-order valence-corrected chi connectivity index (χ2v) is 7.86. The molecule has 0 heterocycles. The predicted molar refractivity (Wildman–Crippen MR) is 93.3 cm³/mol. The summed E-state index contributed by atoms with van der Waals surface area (Å²) in [4.78, 5) is 22.2. The van der Waals surface area contributed by atoms with Crippen LogP contribution in [-0.4, -0.2) is 37.6 Å². The number of hydrogen-bond acceptors (Lipinski definition) is 5. The molecule has 0 bridgehead atoms. The molecule has 2 rings (SSSR count). The van der Waals surface area contributed by atoms with Gasteiger partial charge in [0.1, 0.15) is 5.82 Å². The Labute approximate surface area is 153 Å². The van der Waals surface area contributed by atoms with Gasteiger partial charge in [-0.25, -0.2) is 17.1 Å². The number of nitro benzene ring substituents is 1. The van der Waals surface area contributed by atoms with Crippen LogP contribution in [0.15, 0.2) is 41.3 Å². The van der Waals surface area contributed by atoms with Crippen LogP contribution in [0.2, 0.25) is 5.02 Å². The van der Waals surface area contributed by atoms with Gasteiger partial charge in [0.15, 0.2) is 0 Å². The highest BCUT2D eigenvalue weighted by Gasteiger charge is 2.22. The molecule has 0 radical (unpaired) electrons. The summed E-state index contributed by atoms with van der Waals surface area (Å²) in [5.74, 6) is -1.80. The summed E-state index contributed by atoms with van der Waals surface area (Å²) >= 11 is 5.94. The van der Waals surface area contributed by atoms with E-state index in [4.69, 9.17) is 11.6 Å². The van der Waals surface area contributed by atoms with Gasteiger partial charge in [-0.2, -0.15) is 0 Å². The number of hydrogen-bond donors (Lipinski definition) is 1. The molecular weight excluding hydrogens is 389 g/mol. The molecule has 0 spiro atoms. The molecule has 0 atom stereocenters. The van der Waals surface area contributed by atoms with Gasteiger partial charge in [-0.05, 0) is 24.3 Å². The van der Waals surface area contributed by atoms with Crippen molar-refractivity contribution in [1.82, 2.24) is 4.31 Å². The zero-order valence-corrected chi connectivity index (χ0v) is 15.1. The molecule has 0 aliphatic carbocycles. The lowest BCUT2D eigenvalue weighted by molar-refractivity contribution is -0.384. The van der Waals surface area contributed by atoms with E-state index in [0.717, 1.165) is 28.6 Å². The number of nitro groups is 1. The standard InChI is InChI=1S/C15H13ClFN3O5S/c1-19(2)26(24,25)10-4-5-12(16)11(8-10)15(21)18-14-7-9(20(22)23)3-6-13(14)17/h3-8H,1-2H3,(H,18,21). The SMILES string of the molecule is CN(C)S(=O)(=O)c1ccc(Cl)c(C(=O)Nc2cc([N+](=O)[O-])ccc2F)c1. The summed E-state index contributed by atoms with van der Waals surface area (Å²) in [5.41, 5.74) is -1.07. The van der Waals surface area contributed by atoms with E-state index in [0.29, 0.717) is 0 Å². The van der Waals surface area contributed by atoms with Crippen LogP contribution in [0.4, 0.5) is 15.8 Å². The third-order valence-electron chi connectivity index (χ3n) is 3.37. The Bertz CT molecular complexity index is 995. The third kappa shape index (κ3) is 3.98. The van der Waals surface area contributed by atoms with Crippen LogP contribution in [-0.2, 0) is 10.0 Å². The fourth-order valence-electron chi connectivity index (χ4n) is 1.96. The first-order valence-corrected chi connectivity index (χ1v) is 8.83. The molecule has 0 aromatic heterocycles. The average molecular weight is 402 g/mol. The van der Waals surface area contributed by atoms with Gasteiger partial charge in [-0.1, -0.05) is 11.6 Å². The van der Waals surface area contributed by atoms with Crippen LogP contribution in [0.25, 0.3) is 0 Å². The van der Waals surface area contributed by atoms with Crippen LogP contribution in [0.3, 0.4) is 0 Å². The maximum Gasteiger partial charge on any atom is 0.271 e. The van der Waals surface area contributed by atoms with Crippen LogP contribution in [0.5, 0.6) is 0 Å². The molecule has 0 aliphatic rings. The van der Waals surface area contributed by atoms with Crippen molar-refractivity contribution in [3.05, 3.63) is 62.9 Å². The molecule has 2 aromatic rings. The Morgan fingerprint density at radius 2 is 1.88 bits per heavy atom. The number of sulfonamides is 1. The Morgan fingerprint density at radius 1 is 1.23 bits per heavy atom. The summed E-state index contributed by atoms with van der Waals surface area (Å²) in [5, 5.41) is 12.9. The molecule has 2 aromatic carbocycles. The minimum absolute atomic E-state index is 0.0638. The van der Waals surface area contributed by atoms with Gasteiger partial charge in [-0.15, -0.1) is 0 Å². The van der Waals surface area contributed by atoms with Gasteiger partial charge in [0.05, 0.1) is 26.1 Å². The Hall–Kier alpha value is -2.56. The fraction of sp³-hybridized carbons (Fsp3) is 0.133. The minimum atomic E-state index is -3.82. The molecule has 138 valence electrons. The third-order valence-corrected chi connectivity index (χ3v) is 5.51. The Kier molecular flexibility index (Phi) is 5.59. The molecule has 11 heteroatoms. The second-order valence-electron chi connectivity index (χ2n) is 5.30. The first-order chi connectivity index (χ1) is 12.0. The Morgan fingerprint density at radius 3 is 2.46 bits per heavy atom. The summed E-state index contributed by atoms with van der Waals surface area (Å²) in [6.45, 7) is 0. The van der Waals surface area contributed by atoms with E-state index in [9.17, 15) is 27.7 Å². The second kappa shape index (κ2) is 7.36. The predicted octanol–water partition coefficient (Wildman–Crippen LogP) is 2.89. The van der Waals surface area contributed by atoms with Crippen LogP contribution >= 0.6 is 11.6 Å². The lowest BCUT2D eigenvalue weighted by atomic mass is 10.2. The monoisotopic (exact) mass is 401 g/mol. The number of rotatable bonds is 5. The zero-order chi connectivity index (χ0) is 19.6. The van der Waals surface area contributed by atoms with E-state index in [1.54, 1.807) is 0 Å². The molecule has 26 heavy (non-hydrogen) atoms. The average Bonchev–Trinajstić information content (AvgIpc) is 2.56. The largest absolute Gasteiger partial charge is 0.319 e. The lowest BCUT2D eigenvalue weighted by Crippen LogP contribution is -2.23.